The standard InChI is InChI=1S/C13H16O5/c1-16-7-8-18-12-9-10(4-6-13(14)15)3-5-11(12)17-2/h3-6,9H,7-8H2,1-2H3,(H,14,15). The van der Waals surface area contributed by atoms with Crippen molar-refractivity contribution in [3.8, 4) is 11.5 Å². The molecule has 0 aliphatic rings. The smallest absolute Gasteiger partial charge is 0.328 e. The van der Waals surface area contributed by atoms with E-state index in [2.05, 4.69) is 0 Å². The second-order valence-corrected chi connectivity index (χ2v) is 3.42. The molecule has 1 aromatic carbocycles. The average Bonchev–Trinajstić information content (AvgIpc) is 2.37. The number of carboxylic acids is 1. The summed E-state index contributed by atoms with van der Waals surface area (Å²) in [5.74, 6) is 0.160. The Balaban J connectivity index is 2.83. The number of carboxylic acid groups (broad SMARTS) is 1. The number of benzene rings is 1. The number of ether oxygens (including phenoxy) is 3. The van der Waals surface area contributed by atoms with Gasteiger partial charge in [0.2, 0.25) is 0 Å². The van der Waals surface area contributed by atoms with Crippen LogP contribution in [-0.2, 0) is 9.53 Å². The zero-order valence-electron chi connectivity index (χ0n) is 10.4. The molecule has 0 amide bonds. The van der Waals surface area contributed by atoms with Crippen molar-refractivity contribution in [2.45, 2.75) is 0 Å². The van der Waals surface area contributed by atoms with Crippen LogP contribution in [0.1, 0.15) is 5.56 Å². The van der Waals surface area contributed by atoms with E-state index < -0.39 is 5.97 Å². The van der Waals surface area contributed by atoms with Crippen molar-refractivity contribution in [2.75, 3.05) is 27.4 Å². The van der Waals surface area contributed by atoms with Crippen LogP contribution in [0, 0.1) is 0 Å². The largest absolute Gasteiger partial charge is 0.493 e. The number of rotatable bonds is 7. The normalized spacial score (nSPS) is 10.6. The summed E-state index contributed by atoms with van der Waals surface area (Å²) in [5.41, 5.74) is 0.727. The van der Waals surface area contributed by atoms with Crippen molar-refractivity contribution in [3.05, 3.63) is 29.8 Å². The lowest BCUT2D eigenvalue weighted by molar-refractivity contribution is -0.131. The Kier molecular flexibility index (Phi) is 5.73. The minimum atomic E-state index is -0.993. The first kappa shape index (κ1) is 14.1. The van der Waals surface area contributed by atoms with Crippen molar-refractivity contribution in [3.63, 3.8) is 0 Å². The van der Waals surface area contributed by atoms with Gasteiger partial charge in [0.15, 0.2) is 11.5 Å². The van der Waals surface area contributed by atoms with Crippen molar-refractivity contribution >= 4 is 12.0 Å². The van der Waals surface area contributed by atoms with Crippen LogP contribution < -0.4 is 9.47 Å². The molecule has 0 atom stereocenters. The predicted octanol–water partition coefficient (Wildman–Crippen LogP) is 1.82. The van der Waals surface area contributed by atoms with E-state index in [9.17, 15) is 4.79 Å². The van der Waals surface area contributed by atoms with Gasteiger partial charge >= 0.3 is 5.97 Å². The zero-order chi connectivity index (χ0) is 13.4. The molecule has 0 aromatic heterocycles. The summed E-state index contributed by atoms with van der Waals surface area (Å²) in [6.07, 6.45) is 2.56. The molecule has 1 N–H and O–H groups in total. The Hall–Kier alpha value is -2.01. The van der Waals surface area contributed by atoms with Crippen molar-refractivity contribution in [1.29, 1.82) is 0 Å². The maximum atomic E-state index is 10.4. The molecule has 5 nitrogen and oxygen atoms in total. The highest BCUT2D eigenvalue weighted by Gasteiger charge is 2.04. The van der Waals surface area contributed by atoms with Crippen LogP contribution in [0.4, 0.5) is 0 Å². The highest BCUT2D eigenvalue weighted by atomic mass is 16.5. The molecule has 0 radical (unpaired) electrons. The summed E-state index contributed by atoms with van der Waals surface area (Å²) in [4.78, 5) is 10.4. The van der Waals surface area contributed by atoms with E-state index in [1.54, 1.807) is 32.4 Å². The molecule has 1 rings (SSSR count). The van der Waals surface area contributed by atoms with Gasteiger partial charge in [-0.15, -0.1) is 0 Å². The first-order valence-corrected chi connectivity index (χ1v) is 5.38. The lowest BCUT2D eigenvalue weighted by atomic mass is 10.2. The van der Waals surface area contributed by atoms with Crippen molar-refractivity contribution < 1.29 is 24.1 Å². The summed E-state index contributed by atoms with van der Waals surface area (Å²) >= 11 is 0. The summed E-state index contributed by atoms with van der Waals surface area (Å²) in [6.45, 7) is 0.872. The van der Waals surface area contributed by atoms with Gasteiger partial charge < -0.3 is 19.3 Å². The van der Waals surface area contributed by atoms with Crippen molar-refractivity contribution in [2.24, 2.45) is 0 Å². The predicted molar refractivity (Wildman–Crippen MR) is 67.0 cm³/mol. The van der Waals surface area contributed by atoms with Crippen LogP contribution in [0.25, 0.3) is 6.08 Å². The van der Waals surface area contributed by atoms with E-state index >= 15 is 0 Å². The van der Waals surface area contributed by atoms with E-state index in [-0.39, 0.29) is 0 Å². The van der Waals surface area contributed by atoms with Gasteiger partial charge in [-0.2, -0.15) is 0 Å². The molecule has 18 heavy (non-hydrogen) atoms. The molecule has 1 aromatic rings. The molecule has 0 aliphatic heterocycles. The third kappa shape index (κ3) is 4.47. The van der Waals surface area contributed by atoms with E-state index in [1.807, 2.05) is 0 Å². The fourth-order valence-corrected chi connectivity index (χ4v) is 1.31. The number of aliphatic carboxylic acids is 1. The Bertz CT molecular complexity index is 425. The highest BCUT2D eigenvalue weighted by Crippen LogP contribution is 2.28. The van der Waals surface area contributed by atoms with Gasteiger partial charge in [0.25, 0.3) is 0 Å². The first-order chi connectivity index (χ1) is 8.67. The van der Waals surface area contributed by atoms with Gasteiger partial charge in [-0.25, -0.2) is 4.79 Å². The minimum absolute atomic E-state index is 0.402. The third-order valence-corrected chi connectivity index (χ3v) is 2.15. The van der Waals surface area contributed by atoms with Gasteiger partial charge in [-0.3, -0.25) is 0 Å². The van der Waals surface area contributed by atoms with Crippen molar-refractivity contribution in [1.82, 2.24) is 0 Å². The molecule has 0 saturated heterocycles. The van der Waals surface area contributed by atoms with E-state index in [0.29, 0.717) is 24.7 Å². The average molecular weight is 252 g/mol. The Morgan fingerprint density at radius 1 is 1.28 bits per heavy atom. The van der Waals surface area contributed by atoms with Crippen LogP contribution in [-0.4, -0.2) is 38.5 Å². The summed E-state index contributed by atoms with van der Waals surface area (Å²) in [6, 6.07) is 5.19. The maximum absolute atomic E-state index is 10.4. The number of methoxy groups -OCH3 is 2. The Morgan fingerprint density at radius 2 is 2.06 bits per heavy atom. The number of carbonyl (C=O) groups is 1. The van der Waals surface area contributed by atoms with Crippen LogP contribution in [0.2, 0.25) is 0 Å². The highest BCUT2D eigenvalue weighted by molar-refractivity contribution is 5.85. The van der Waals surface area contributed by atoms with Crippen LogP contribution in [0.15, 0.2) is 24.3 Å². The summed E-state index contributed by atoms with van der Waals surface area (Å²) in [5, 5.41) is 8.56. The monoisotopic (exact) mass is 252 g/mol. The second kappa shape index (κ2) is 7.34. The molecule has 0 heterocycles. The molecule has 0 unspecified atom stereocenters. The fraction of sp³-hybridized carbons (Fsp3) is 0.308. The molecule has 0 aliphatic carbocycles. The third-order valence-electron chi connectivity index (χ3n) is 2.15. The zero-order valence-corrected chi connectivity index (χ0v) is 10.4. The molecule has 5 heteroatoms. The van der Waals surface area contributed by atoms with Gasteiger partial charge in [0, 0.05) is 13.2 Å². The lowest BCUT2D eigenvalue weighted by Crippen LogP contribution is -2.05. The van der Waals surface area contributed by atoms with Gasteiger partial charge in [-0.05, 0) is 23.8 Å². The van der Waals surface area contributed by atoms with Gasteiger partial charge in [0.05, 0.1) is 13.7 Å². The molecule has 98 valence electrons. The topological polar surface area (TPSA) is 65.0 Å². The Morgan fingerprint density at radius 3 is 2.67 bits per heavy atom. The maximum Gasteiger partial charge on any atom is 0.328 e. The minimum Gasteiger partial charge on any atom is -0.493 e. The van der Waals surface area contributed by atoms with Crippen LogP contribution in [0.3, 0.4) is 0 Å². The molecule has 0 spiro atoms. The quantitative estimate of drug-likeness (QED) is 0.592. The van der Waals surface area contributed by atoms with Crippen LogP contribution >= 0.6 is 0 Å². The molecular weight excluding hydrogens is 236 g/mol. The molecule has 0 saturated carbocycles. The molecule has 0 bridgehead atoms. The van der Waals surface area contributed by atoms with Crippen LogP contribution in [0.5, 0.6) is 11.5 Å². The lowest BCUT2D eigenvalue weighted by Gasteiger charge is -2.10. The van der Waals surface area contributed by atoms with E-state index in [1.165, 1.54) is 6.08 Å². The van der Waals surface area contributed by atoms with Gasteiger partial charge in [0.1, 0.15) is 6.61 Å². The van der Waals surface area contributed by atoms with E-state index in [4.69, 9.17) is 19.3 Å². The summed E-state index contributed by atoms with van der Waals surface area (Å²) in [7, 11) is 3.14. The van der Waals surface area contributed by atoms with E-state index in [0.717, 1.165) is 11.6 Å². The first-order valence-electron chi connectivity index (χ1n) is 5.38. The summed E-state index contributed by atoms with van der Waals surface area (Å²) < 4.78 is 15.5. The second-order valence-electron chi connectivity index (χ2n) is 3.42. The SMILES string of the molecule is COCCOc1cc(C=CC(=O)O)ccc1OC. The Labute approximate surface area is 106 Å². The number of hydrogen-bond donors (Lipinski definition) is 1. The fourth-order valence-electron chi connectivity index (χ4n) is 1.31. The molecule has 0 fully saturated rings. The molecular formula is C13H16O5. The number of hydrogen-bond acceptors (Lipinski definition) is 4. The van der Waals surface area contributed by atoms with Gasteiger partial charge in [-0.1, -0.05) is 6.07 Å².